The Morgan fingerprint density at radius 2 is 1.92 bits per heavy atom. The molecule has 1 unspecified atom stereocenters. The maximum absolute atomic E-state index is 12.1. The molecular formula is C20H23N3O3. The number of nitrogens with zero attached hydrogens (tertiary/aromatic N) is 3. The smallest absolute Gasteiger partial charge is 0.341 e. The lowest BCUT2D eigenvalue weighted by Gasteiger charge is -2.26. The second kappa shape index (κ2) is 6.94. The molecule has 2 heterocycles. The summed E-state index contributed by atoms with van der Waals surface area (Å²) in [6.45, 7) is 4.33. The van der Waals surface area contributed by atoms with E-state index < -0.39 is 0 Å². The molecule has 0 spiro atoms. The zero-order chi connectivity index (χ0) is 18.1. The van der Waals surface area contributed by atoms with Crippen molar-refractivity contribution in [3.8, 4) is 0 Å². The van der Waals surface area contributed by atoms with Gasteiger partial charge in [-0.25, -0.2) is 4.79 Å². The minimum absolute atomic E-state index is 0.288. The van der Waals surface area contributed by atoms with Crippen LogP contribution in [0.5, 0.6) is 0 Å². The van der Waals surface area contributed by atoms with Gasteiger partial charge in [0.25, 0.3) is 0 Å². The number of benzene rings is 1. The zero-order valence-corrected chi connectivity index (χ0v) is 14.9. The number of ether oxygens (including phenoxy) is 1. The van der Waals surface area contributed by atoms with Gasteiger partial charge in [0.15, 0.2) is 0 Å². The van der Waals surface area contributed by atoms with Crippen LogP contribution in [0.4, 0.5) is 0 Å². The SMILES string of the molecule is CCOC(=O)c1cnn(Cc2ccc(CN3CC4C[C@@H]4CC3=O)cc2)c1. The third-order valence-electron chi connectivity index (χ3n) is 5.20. The first-order valence-corrected chi connectivity index (χ1v) is 9.17. The number of rotatable bonds is 6. The molecule has 2 fully saturated rings. The number of fused-ring (bicyclic) bond motifs is 1. The number of aromatic nitrogens is 2. The van der Waals surface area contributed by atoms with Crippen LogP contribution in [0.2, 0.25) is 0 Å². The van der Waals surface area contributed by atoms with Crippen molar-refractivity contribution in [2.45, 2.75) is 32.9 Å². The van der Waals surface area contributed by atoms with Gasteiger partial charge >= 0.3 is 5.97 Å². The number of carbonyl (C=O) groups is 2. The first-order valence-electron chi connectivity index (χ1n) is 9.17. The Bertz CT molecular complexity index is 812. The third kappa shape index (κ3) is 3.64. The molecule has 1 aromatic carbocycles. The predicted octanol–water partition coefficient (Wildman–Crippen LogP) is 2.48. The van der Waals surface area contributed by atoms with Gasteiger partial charge in [0.2, 0.25) is 5.91 Å². The summed E-state index contributed by atoms with van der Waals surface area (Å²) < 4.78 is 6.70. The highest BCUT2D eigenvalue weighted by Gasteiger charge is 2.44. The molecule has 2 aliphatic rings. The summed E-state index contributed by atoms with van der Waals surface area (Å²) in [7, 11) is 0. The molecule has 1 amide bonds. The van der Waals surface area contributed by atoms with Crippen LogP contribution in [0.25, 0.3) is 0 Å². The van der Waals surface area contributed by atoms with Gasteiger partial charge in [-0.15, -0.1) is 0 Å². The fourth-order valence-electron chi connectivity index (χ4n) is 3.60. The Morgan fingerprint density at radius 1 is 1.19 bits per heavy atom. The highest BCUT2D eigenvalue weighted by molar-refractivity contribution is 5.88. The lowest BCUT2D eigenvalue weighted by atomic mass is 10.1. The molecule has 1 aliphatic carbocycles. The summed E-state index contributed by atoms with van der Waals surface area (Å²) in [6, 6.07) is 8.24. The topological polar surface area (TPSA) is 64.4 Å². The van der Waals surface area contributed by atoms with Crippen molar-refractivity contribution in [3.05, 3.63) is 53.3 Å². The molecule has 1 aromatic heterocycles. The Hall–Kier alpha value is -2.63. The summed E-state index contributed by atoms with van der Waals surface area (Å²) in [5, 5.41) is 4.22. The molecule has 2 aromatic rings. The molecule has 0 bridgehead atoms. The Labute approximate surface area is 152 Å². The van der Waals surface area contributed by atoms with Crippen molar-refractivity contribution in [1.29, 1.82) is 0 Å². The summed E-state index contributed by atoms with van der Waals surface area (Å²) in [6.07, 6.45) is 5.17. The van der Waals surface area contributed by atoms with Gasteiger partial charge in [-0.1, -0.05) is 24.3 Å². The molecule has 1 aliphatic heterocycles. The molecule has 136 valence electrons. The van der Waals surface area contributed by atoms with Crippen molar-refractivity contribution in [2.24, 2.45) is 11.8 Å². The van der Waals surface area contributed by atoms with Crippen molar-refractivity contribution in [3.63, 3.8) is 0 Å². The molecule has 0 N–H and O–H groups in total. The standard InChI is InChI=1S/C20H23N3O3/c1-2-26-20(25)18-9-21-23(13-18)11-15-5-3-14(4-6-15)10-22-12-17-7-16(17)8-19(22)24/h3-6,9,13,16-17H,2,7-8,10-12H2,1H3/t16-,17?/m1/s1. The fraction of sp³-hybridized carbons (Fsp3) is 0.450. The minimum Gasteiger partial charge on any atom is -0.462 e. The van der Waals surface area contributed by atoms with E-state index in [9.17, 15) is 9.59 Å². The highest BCUT2D eigenvalue weighted by Crippen LogP contribution is 2.45. The second-order valence-electron chi connectivity index (χ2n) is 7.20. The van der Waals surface area contributed by atoms with Gasteiger partial charge in [0, 0.05) is 25.7 Å². The van der Waals surface area contributed by atoms with E-state index in [4.69, 9.17) is 4.74 Å². The average Bonchev–Trinajstić information content (AvgIpc) is 3.21. The molecule has 6 heteroatoms. The van der Waals surface area contributed by atoms with Crippen molar-refractivity contribution in [1.82, 2.24) is 14.7 Å². The monoisotopic (exact) mass is 353 g/mol. The van der Waals surface area contributed by atoms with Crippen LogP contribution in [-0.4, -0.2) is 39.7 Å². The van der Waals surface area contributed by atoms with E-state index in [-0.39, 0.29) is 11.9 Å². The first-order chi connectivity index (χ1) is 12.6. The van der Waals surface area contributed by atoms with Gasteiger partial charge in [-0.2, -0.15) is 5.10 Å². The Balaban J connectivity index is 1.35. The number of hydrogen-bond donors (Lipinski definition) is 0. The van der Waals surface area contributed by atoms with Crippen LogP contribution < -0.4 is 0 Å². The van der Waals surface area contributed by atoms with Gasteiger partial charge in [0.1, 0.15) is 0 Å². The summed E-state index contributed by atoms with van der Waals surface area (Å²) in [5.74, 6) is 1.34. The largest absolute Gasteiger partial charge is 0.462 e. The van der Waals surface area contributed by atoms with Gasteiger partial charge in [0.05, 0.1) is 24.9 Å². The molecule has 1 saturated heterocycles. The number of amides is 1. The van der Waals surface area contributed by atoms with Crippen LogP contribution in [0.1, 0.15) is 41.3 Å². The van der Waals surface area contributed by atoms with E-state index in [0.29, 0.717) is 31.2 Å². The molecule has 1 saturated carbocycles. The Kier molecular flexibility index (Phi) is 4.49. The maximum atomic E-state index is 12.1. The lowest BCUT2D eigenvalue weighted by molar-refractivity contribution is -0.134. The normalized spacial score (nSPS) is 21.4. The molecule has 2 atom stereocenters. The lowest BCUT2D eigenvalue weighted by Crippen LogP contribution is -2.36. The highest BCUT2D eigenvalue weighted by atomic mass is 16.5. The van der Waals surface area contributed by atoms with Crippen molar-refractivity contribution >= 4 is 11.9 Å². The zero-order valence-electron chi connectivity index (χ0n) is 14.9. The first kappa shape index (κ1) is 16.8. The number of carbonyl (C=O) groups excluding carboxylic acids is 2. The number of esters is 1. The van der Waals surface area contributed by atoms with Crippen LogP contribution in [0.3, 0.4) is 0 Å². The van der Waals surface area contributed by atoms with E-state index in [0.717, 1.165) is 30.0 Å². The maximum Gasteiger partial charge on any atom is 0.341 e. The van der Waals surface area contributed by atoms with Crippen molar-refractivity contribution < 1.29 is 14.3 Å². The molecule has 0 radical (unpaired) electrons. The van der Waals surface area contributed by atoms with Crippen LogP contribution in [0.15, 0.2) is 36.7 Å². The second-order valence-corrected chi connectivity index (χ2v) is 7.20. The van der Waals surface area contributed by atoms with Crippen LogP contribution in [-0.2, 0) is 22.6 Å². The van der Waals surface area contributed by atoms with E-state index >= 15 is 0 Å². The quantitative estimate of drug-likeness (QED) is 0.749. The number of hydrogen-bond acceptors (Lipinski definition) is 4. The minimum atomic E-state index is -0.349. The third-order valence-corrected chi connectivity index (χ3v) is 5.20. The summed E-state index contributed by atoms with van der Waals surface area (Å²) >= 11 is 0. The van der Waals surface area contributed by atoms with Gasteiger partial charge in [-0.3, -0.25) is 9.48 Å². The van der Waals surface area contributed by atoms with E-state index in [1.54, 1.807) is 17.8 Å². The van der Waals surface area contributed by atoms with E-state index in [2.05, 4.69) is 29.4 Å². The van der Waals surface area contributed by atoms with Crippen LogP contribution in [0, 0.1) is 11.8 Å². The van der Waals surface area contributed by atoms with Crippen LogP contribution >= 0.6 is 0 Å². The predicted molar refractivity (Wildman–Crippen MR) is 95.4 cm³/mol. The van der Waals surface area contributed by atoms with Gasteiger partial charge < -0.3 is 9.64 Å². The van der Waals surface area contributed by atoms with Gasteiger partial charge in [-0.05, 0) is 36.3 Å². The Morgan fingerprint density at radius 3 is 2.65 bits per heavy atom. The molecule has 4 rings (SSSR count). The molecule has 6 nitrogen and oxygen atoms in total. The molecular weight excluding hydrogens is 330 g/mol. The molecule has 26 heavy (non-hydrogen) atoms. The summed E-state index contributed by atoms with van der Waals surface area (Å²) in [5.41, 5.74) is 2.71. The number of likely N-dealkylation sites (tertiary alicyclic amines) is 1. The summed E-state index contributed by atoms with van der Waals surface area (Å²) in [4.78, 5) is 25.8. The average molecular weight is 353 g/mol. The number of piperidine rings is 1. The fourth-order valence-corrected chi connectivity index (χ4v) is 3.60. The van der Waals surface area contributed by atoms with Crippen molar-refractivity contribution in [2.75, 3.05) is 13.2 Å². The van der Waals surface area contributed by atoms with E-state index in [1.165, 1.54) is 12.6 Å². The van der Waals surface area contributed by atoms with E-state index in [1.807, 2.05) is 4.90 Å².